The highest BCUT2D eigenvalue weighted by Crippen LogP contribution is 2.49. The van der Waals surface area contributed by atoms with Gasteiger partial charge in [-0.15, -0.1) is 11.8 Å². The van der Waals surface area contributed by atoms with Gasteiger partial charge in [0.25, 0.3) is 0 Å². The maximum atomic E-state index is 4.39. The van der Waals surface area contributed by atoms with Crippen molar-refractivity contribution in [3.05, 3.63) is 122 Å². The number of benzene rings is 3. The first kappa shape index (κ1) is 23.1. The van der Waals surface area contributed by atoms with E-state index in [9.17, 15) is 0 Å². The molecule has 2 aliphatic rings. The smallest absolute Gasteiger partial charge is 0.0555 e. The lowest BCUT2D eigenvalue weighted by Gasteiger charge is -2.39. The standard InChI is InChI=1S/C32H30N2S/c1-5-6-7-11-31-29-22-25(13-19-32(29)34(31)26-14-16-27(35-4)17-15-26)24-12-18-30-28(21-24)23(2)10-8-9-20-33(30)3/h5-7,9,11-22H,1-2,8,10H2,3-4H3/b7-6-,20-9-,31-11-. The van der Waals surface area contributed by atoms with E-state index in [2.05, 4.69) is 121 Å². The third-order valence-electron chi connectivity index (χ3n) is 6.62. The zero-order valence-electron chi connectivity index (χ0n) is 20.4. The summed E-state index contributed by atoms with van der Waals surface area (Å²) < 4.78 is 0. The number of fused-ring (bicyclic) bond motifs is 2. The summed E-state index contributed by atoms with van der Waals surface area (Å²) in [5, 5.41) is 0. The van der Waals surface area contributed by atoms with E-state index in [-0.39, 0.29) is 0 Å². The summed E-state index contributed by atoms with van der Waals surface area (Å²) in [5.41, 5.74) is 10.9. The van der Waals surface area contributed by atoms with Gasteiger partial charge in [-0.3, -0.25) is 0 Å². The van der Waals surface area contributed by atoms with Gasteiger partial charge in [-0.25, -0.2) is 0 Å². The zero-order valence-corrected chi connectivity index (χ0v) is 21.2. The molecule has 2 aliphatic heterocycles. The molecule has 0 unspecified atom stereocenters. The molecule has 0 amide bonds. The maximum Gasteiger partial charge on any atom is 0.0555 e. The SMILES string of the molecule is C=C/C=C\C=C1\c2cc(-c3ccc4c(c3)C(=C)CC/C=C\N4C)ccc2N1c1ccc(SC)cc1. The summed E-state index contributed by atoms with van der Waals surface area (Å²) in [4.78, 5) is 5.78. The van der Waals surface area contributed by atoms with E-state index >= 15 is 0 Å². The van der Waals surface area contributed by atoms with Crippen molar-refractivity contribution in [2.24, 2.45) is 0 Å². The number of hydrogen-bond acceptors (Lipinski definition) is 3. The lowest BCUT2D eigenvalue weighted by molar-refractivity contribution is 1.03. The molecule has 0 fully saturated rings. The van der Waals surface area contributed by atoms with Crippen LogP contribution in [0.15, 0.2) is 115 Å². The minimum atomic E-state index is 0.984. The van der Waals surface area contributed by atoms with Crippen LogP contribution in [0.2, 0.25) is 0 Å². The molecular formula is C32H30N2S. The van der Waals surface area contributed by atoms with Gasteiger partial charge in [0.1, 0.15) is 0 Å². The highest BCUT2D eigenvalue weighted by atomic mass is 32.2. The summed E-state index contributed by atoms with van der Waals surface area (Å²) in [6.45, 7) is 8.19. The summed E-state index contributed by atoms with van der Waals surface area (Å²) in [7, 11) is 2.10. The van der Waals surface area contributed by atoms with Crippen molar-refractivity contribution in [3.63, 3.8) is 0 Å². The van der Waals surface area contributed by atoms with Gasteiger partial charge in [0, 0.05) is 34.4 Å². The molecule has 5 rings (SSSR count). The molecule has 0 saturated carbocycles. The predicted molar refractivity (Wildman–Crippen MR) is 155 cm³/mol. The molecule has 3 heteroatoms. The van der Waals surface area contributed by atoms with E-state index in [0.717, 1.165) is 12.8 Å². The first-order valence-electron chi connectivity index (χ1n) is 11.9. The van der Waals surface area contributed by atoms with Crippen LogP contribution in [0, 0.1) is 0 Å². The van der Waals surface area contributed by atoms with Gasteiger partial charge in [0.05, 0.1) is 11.4 Å². The van der Waals surface area contributed by atoms with Gasteiger partial charge in [-0.1, -0.05) is 49.6 Å². The minimum absolute atomic E-state index is 0.984. The van der Waals surface area contributed by atoms with Gasteiger partial charge in [0.15, 0.2) is 0 Å². The van der Waals surface area contributed by atoms with Crippen molar-refractivity contribution >= 4 is 40.1 Å². The Morgan fingerprint density at radius 1 is 0.886 bits per heavy atom. The number of thioether (sulfide) groups is 1. The average molecular weight is 475 g/mol. The number of anilines is 3. The van der Waals surface area contributed by atoms with Crippen LogP contribution in [-0.4, -0.2) is 13.3 Å². The highest BCUT2D eigenvalue weighted by molar-refractivity contribution is 7.98. The lowest BCUT2D eigenvalue weighted by atomic mass is 9.90. The van der Waals surface area contributed by atoms with Gasteiger partial charge < -0.3 is 9.80 Å². The molecule has 0 bridgehead atoms. The predicted octanol–water partition coefficient (Wildman–Crippen LogP) is 9.07. The minimum Gasteiger partial charge on any atom is -0.351 e. The second-order valence-corrected chi connectivity index (χ2v) is 9.69. The third-order valence-corrected chi connectivity index (χ3v) is 7.36. The largest absolute Gasteiger partial charge is 0.351 e. The van der Waals surface area contributed by atoms with Crippen molar-refractivity contribution < 1.29 is 0 Å². The summed E-state index contributed by atoms with van der Waals surface area (Å²) in [6.07, 6.45) is 16.5. The van der Waals surface area contributed by atoms with Crippen LogP contribution in [0.3, 0.4) is 0 Å². The molecule has 174 valence electrons. The quantitative estimate of drug-likeness (QED) is 0.269. The van der Waals surface area contributed by atoms with E-state index in [4.69, 9.17) is 0 Å². The molecule has 2 nitrogen and oxygen atoms in total. The summed E-state index contributed by atoms with van der Waals surface area (Å²) in [6, 6.07) is 22.3. The van der Waals surface area contributed by atoms with Gasteiger partial charge in [0.2, 0.25) is 0 Å². The van der Waals surface area contributed by atoms with Crippen LogP contribution >= 0.6 is 11.8 Å². The monoisotopic (exact) mass is 474 g/mol. The van der Waals surface area contributed by atoms with E-state index in [1.54, 1.807) is 11.8 Å². The number of allylic oxidation sites excluding steroid dienone is 6. The molecule has 35 heavy (non-hydrogen) atoms. The number of rotatable bonds is 5. The Balaban J connectivity index is 1.55. The van der Waals surface area contributed by atoms with E-state index < -0.39 is 0 Å². The van der Waals surface area contributed by atoms with Crippen LogP contribution in [0.1, 0.15) is 24.0 Å². The first-order valence-corrected chi connectivity index (χ1v) is 13.1. The number of hydrogen-bond donors (Lipinski definition) is 0. The second kappa shape index (κ2) is 9.89. The lowest BCUT2D eigenvalue weighted by Crippen LogP contribution is -2.26. The van der Waals surface area contributed by atoms with Crippen molar-refractivity contribution in [1.29, 1.82) is 0 Å². The Hall–Kier alpha value is -3.69. The molecule has 0 atom stereocenters. The van der Waals surface area contributed by atoms with Crippen molar-refractivity contribution in [2.75, 3.05) is 23.1 Å². The van der Waals surface area contributed by atoms with Crippen LogP contribution in [0.4, 0.5) is 17.1 Å². The molecule has 2 heterocycles. The molecular weight excluding hydrogens is 444 g/mol. The molecule has 0 radical (unpaired) electrons. The Bertz CT molecular complexity index is 1380. The van der Waals surface area contributed by atoms with Gasteiger partial charge >= 0.3 is 0 Å². The molecule has 0 saturated heterocycles. The molecule has 0 aromatic heterocycles. The van der Waals surface area contributed by atoms with Gasteiger partial charge in [-0.05, 0) is 96.6 Å². The molecule has 3 aromatic rings. The fourth-order valence-electron chi connectivity index (χ4n) is 4.72. The Kier molecular flexibility index (Phi) is 6.52. The van der Waals surface area contributed by atoms with Crippen LogP contribution in [0.5, 0.6) is 0 Å². The van der Waals surface area contributed by atoms with Crippen molar-refractivity contribution in [1.82, 2.24) is 0 Å². The molecule has 0 aliphatic carbocycles. The highest BCUT2D eigenvalue weighted by Gasteiger charge is 2.30. The van der Waals surface area contributed by atoms with E-state index in [1.165, 1.54) is 55.5 Å². The Morgan fingerprint density at radius 3 is 2.31 bits per heavy atom. The van der Waals surface area contributed by atoms with Crippen molar-refractivity contribution in [2.45, 2.75) is 17.7 Å². The molecule has 0 N–H and O–H groups in total. The zero-order chi connectivity index (χ0) is 24.4. The number of nitrogens with zero attached hydrogens (tertiary/aromatic N) is 2. The third kappa shape index (κ3) is 4.40. The van der Waals surface area contributed by atoms with Crippen LogP contribution < -0.4 is 9.80 Å². The fourth-order valence-corrected chi connectivity index (χ4v) is 5.13. The van der Waals surface area contributed by atoms with Crippen LogP contribution in [-0.2, 0) is 0 Å². The summed E-state index contributed by atoms with van der Waals surface area (Å²) >= 11 is 1.76. The first-order chi connectivity index (χ1) is 17.1. The normalized spacial score (nSPS) is 17.0. The second-order valence-electron chi connectivity index (χ2n) is 8.81. The van der Waals surface area contributed by atoms with Gasteiger partial charge in [-0.2, -0.15) is 0 Å². The Labute approximate surface area is 213 Å². The topological polar surface area (TPSA) is 6.48 Å². The fraction of sp³-hybridized carbons (Fsp3) is 0.125. The molecule has 3 aromatic carbocycles. The van der Waals surface area contributed by atoms with E-state index in [0.29, 0.717) is 0 Å². The van der Waals surface area contributed by atoms with E-state index in [1.807, 2.05) is 12.2 Å². The Morgan fingerprint density at radius 2 is 1.60 bits per heavy atom. The van der Waals surface area contributed by atoms with Crippen molar-refractivity contribution in [3.8, 4) is 11.1 Å². The maximum absolute atomic E-state index is 4.39. The van der Waals surface area contributed by atoms with Crippen LogP contribution in [0.25, 0.3) is 22.4 Å². The summed E-state index contributed by atoms with van der Waals surface area (Å²) in [5.74, 6) is 0. The average Bonchev–Trinajstić information content (AvgIpc) is 2.88. The molecule has 0 spiro atoms.